The van der Waals surface area contributed by atoms with Gasteiger partial charge in [0.05, 0.1) is 0 Å². The molecule has 0 bridgehead atoms. The minimum atomic E-state index is 0.310. The lowest BCUT2D eigenvalue weighted by atomic mass is 10.1. The molecule has 0 N–H and O–H groups in total. The largest absolute Gasteiger partial charge is 0.490 e. The van der Waals surface area contributed by atoms with Gasteiger partial charge in [-0.15, -0.1) is 0 Å². The number of rotatable bonds is 8. The van der Waals surface area contributed by atoms with E-state index in [-0.39, 0.29) is 0 Å². The molecule has 0 saturated heterocycles. The molecule has 25 heavy (non-hydrogen) atoms. The molecule has 0 spiro atoms. The van der Waals surface area contributed by atoms with Crippen LogP contribution in [-0.2, 0) is 11.4 Å². The van der Waals surface area contributed by atoms with Crippen LogP contribution in [0.5, 0.6) is 11.5 Å². The fourth-order valence-corrected chi connectivity index (χ4v) is 2.34. The third kappa shape index (κ3) is 5.11. The minimum Gasteiger partial charge on any atom is -0.490 e. The molecule has 1 aromatic heterocycles. The van der Waals surface area contributed by atoms with Crippen molar-refractivity contribution in [2.45, 2.75) is 34.3 Å². The summed E-state index contributed by atoms with van der Waals surface area (Å²) in [4.78, 5) is 4.73. The number of nitrogens with zero attached hydrogens (tertiary/aromatic N) is 2. The Morgan fingerprint density at radius 1 is 1.20 bits per heavy atom. The number of ether oxygens (including phenoxy) is 2. The third-order valence-corrected chi connectivity index (χ3v) is 3.52. The Morgan fingerprint density at radius 2 is 1.92 bits per heavy atom. The summed E-state index contributed by atoms with van der Waals surface area (Å²) in [5, 5.41) is 7.81. The highest BCUT2D eigenvalue weighted by molar-refractivity contribution is 5.95. The van der Waals surface area contributed by atoms with E-state index in [2.05, 4.69) is 10.3 Å². The average molecular weight is 344 g/mol. The van der Waals surface area contributed by atoms with Gasteiger partial charge in [-0.25, -0.2) is 0 Å². The van der Waals surface area contributed by atoms with Crippen LogP contribution in [0.4, 0.5) is 0 Å². The van der Waals surface area contributed by atoms with Gasteiger partial charge in [0.1, 0.15) is 43.2 Å². The summed E-state index contributed by atoms with van der Waals surface area (Å²) < 4.78 is 16.8. The first-order chi connectivity index (χ1) is 12.0. The Labute approximate surface area is 148 Å². The minimum absolute atomic E-state index is 0.310. The smallest absolute Gasteiger partial charge is 0.184 e. The van der Waals surface area contributed by atoms with E-state index < -0.39 is 0 Å². The maximum Gasteiger partial charge on any atom is 0.184 e. The van der Waals surface area contributed by atoms with Crippen molar-refractivity contribution in [2.24, 2.45) is 5.16 Å². The van der Waals surface area contributed by atoms with Gasteiger partial charge in [0.2, 0.25) is 0 Å². The number of allylic oxidation sites excluding steroid dienone is 1. The fourth-order valence-electron chi connectivity index (χ4n) is 2.34. The molecule has 2 aromatic rings. The molecule has 1 heterocycles. The summed E-state index contributed by atoms with van der Waals surface area (Å²) in [6.07, 6.45) is 3.93. The topological polar surface area (TPSA) is 66.1 Å². The molecule has 0 aliphatic rings. The molecule has 0 radical (unpaired) electrons. The Kier molecular flexibility index (Phi) is 6.62. The lowest BCUT2D eigenvalue weighted by Crippen LogP contribution is -2.01. The van der Waals surface area contributed by atoms with Crippen LogP contribution in [0.15, 0.2) is 40.0 Å². The first kappa shape index (κ1) is 18.6. The Morgan fingerprint density at radius 3 is 2.56 bits per heavy atom. The quantitative estimate of drug-likeness (QED) is 0.408. The summed E-state index contributed by atoms with van der Waals surface area (Å²) in [5.74, 6) is 2.21. The van der Waals surface area contributed by atoms with Crippen LogP contribution in [0.1, 0.15) is 36.4 Å². The lowest BCUT2D eigenvalue weighted by Gasteiger charge is -2.13. The Bertz CT molecular complexity index is 740. The van der Waals surface area contributed by atoms with Crippen molar-refractivity contribution in [1.29, 1.82) is 0 Å². The van der Waals surface area contributed by atoms with Crippen molar-refractivity contribution in [3.63, 3.8) is 0 Å². The lowest BCUT2D eigenvalue weighted by molar-refractivity contribution is 0.212. The molecule has 0 aliphatic carbocycles. The predicted octanol–water partition coefficient (Wildman–Crippen LogP) is 4.20. The second kappa shape index (κ2) is 8.92. The van der Waals surface area contributed by atoms with Gasteiger partial charge in [-0.05, 0) is 51.0 Å². The monoisotopic (exact) mass is 344 g/mol. The Hall–Kier alpha value is -2.76. The second-order valence-electron chi connectivity index (χ2n) is 5.60. The van der Waals surface area contributed by atoms with Gasteiger partial charge in [-0.1, -0.05) is 22.5 Å². The van der Waals surface area contributed by atoms with Crippen LogP contribution in [0.3, 0.4) is 0 Å². The zero-order valence-corrected chi connectivity index (χ0v) is 15.3. The number of hydrogen-bond acceptors (Lipinski definition) is 6. The fraction of sp³-hybridized carbons (Fsp3) is 0.368. The summed E-state index contributed by atoms with van der Waals surface area (Å²) >= 11 is 0. The van der Waals surface area contributed by atoms with Crippen LogP contribution in [0.25, 0.3) is 0 Å². The molecule has 6 heteroatoms. The molecular weight excluding hydrogens is 320 g/mol. The molecule has 0 saturated carbocycles. The highest BCUT2D eigenvalue weighted by Gasteiger charge is 2.11. The molecule has 0 amide bonds. The molecule has 6 nitrogen and oxygen atoms in total. The molecule has 0 aliphatic heterocycles. The maximum atomic E-state index is 5.92. The average Bonchev–Trinajstić information content (AvgIpc) is 3.04. The summed E-state index contributed by atoms with van der Waals surface area (Å²) in [6.45, 7) is 8.61. The van der Waals surface area contributed by atoms with E-state index in [1.807, 2.05) is 45.1 Å². The first-order valence-corrected chi connectivity index (χ1v) is 8.06. The van der Waals surface area contributed by atoms with E-state index >= 15 is 0 Å². The van der Waals surface area contributed by atoms with Crippen LogP contribution in [0.2, 0.25) is 0 Å². The number of aromatic nitrogens is 1. The van der Waals surface area contributed by atoms with Gasteiger partial charge in [-0.3, -0.25) is 0 Å². The SMILES string of the molecule is C/C=C/COc1cc(C)c(OCc2cc(/C(C)=N/OC)on2)c(C)c1. The maximum absolute atomic E-state index is 5.92. The van der Waals surface area contributed by atoms with Gasteiger partial charge >= 0.3 is 0 Å². The first-order valence-electron chi connectivity index (χ1n) is 8.06. The number of aryl methyl sites for hydroxylation is 2. The van der Waals surface area contributed by atoms with E-state index in [9.17, 15) is 0 Å². The molecule has 0 unspecified atom stereocenters. The third-order valence-electron chi connectivity index (χ3n) is 3.52. The second-order valence-corrected chi connectivity index (χ2v) is 5.60. The van der Waals surface area contributed by atoms with Crippen LogP contribution < -0.4 is 9.47 Å². The summed E-state index contributed by atoms with van der Waals surface area (Å²) in [6, 6.07) is 5.72. The van der Waals surface area contributed by atoms with Gasteiger partial charge in [0, 0.05) is 6.07 Å². The van der Waals surface area contributed by atoms with Crippen LogP contribution in [0, 0.1) is 13.8 Å². The molecule has 2 rings (SSSR count). The molecule has 0 atom stereocenters. The summed E-state index contributed by atoms with van der Waals surface area (Å²) in [7, 11) is 1.49. The van der Waals surface area contributed by atoms with Gasteiger partial charge < -0.3 is 18.8 Å². The predicted molar refractivity (Wildman–Crippen MR) is 96.3 cm³/mol. The zero-order chi connectivity index (χ0) is 18.2. The van der Waals surface area contributed by atoms with Gasteiger partial charge in [-0.2, -0.15) is 0 Å². The molecule has 134 valence electrons. The highest BCUT2D eigenvalue weighted by atomic mass is 16.6. The van der Waals surface area contributed by atoms with Crippen molar-refractivity contribution in [3.8, 4) is 11.5 Å². The molecule has 1 aromatic carbocycles. The molecular formula is C19H24N2O4. The highest BCUT2D eigenvalue weighted by Crippen LogP contribution is 2.29. The normalized spacial score (nSPS) is 11.8. The number of benzene rings is 1. The summed E-state index contributed by atoms with van der Waals surface area (Å²) in [5.41, 5.74) is 3.33. The van der Waals surface area contributed by atoms with E-state index in [0.717, 1.165) is 22.6 Å². The van der Waals surface area contributed by atoms with Crippen molar-refractivity contribution in [1.82, 2.24) is 5.16 Å². The Balaban J connectivity index is 2.04. The number of hydrogen-bond donors (Lipinski definition) is 0. The van der Waals surface area contributed by atoms with E-state index in [1.54, 1.807) is 13.0 Å². The van der Waals surface area contributed by atoms with Gasteiger partial charge in [0.25, 0.3) is 0 Å². The van der Waals surface area contributed by atoms with Crippen molar-refractivity contribution < 1.29 is 18.8 Å². The van der Waals surface area contributed by atoms with E-state index in [1.165, 1.54) is 7.11 Å². The van der Waals surface area contributed by atoms with Crippen LogP contribution >= 0.6 is 0 Å². The van der Waals surface area contributed by atoms with Crippen LogP contribution in [-0.4, -0.2) is 24.6 Å². The molecule has 0 fully saturated rings. The van der Waals surface area contributed by atoms with Gasteiger partial charge in [0.15, 0.2) is 5.76 Å². The zero-order valence-electron chi connectivity index (χ0n) is 15.3. The standard InChI is InChI=1S/C19H24N2O4/c1-6-7-8-23-17-9-13(2)19(14(3)10-17)24-12-16-11-18(25-21-16)15(4)20-22-5/h6-7,9-11H,8,12H2,1-5H3/b7-6+,20-15+. The van der Waals surface area contributed by atoms with Crippen molar-refractivity contribution >= 4 is 5.71 Å². The van der Waals surface area contributed by atoms with Crippen molar-refractivity contribution in [3.05, 3.63) is 52.9 Å². The number of oxime groups is 1. The van der Waals surface area contributed by atoms with E-state index in [4.69, 9.17) is 18.8 Å². The van der Waals surface area contributed by atoms with E-state index in [0.29, 0.717) is 30.4 Å². The van der Waals surface area contributed by atoms with Crippen molar-refractivity contribution in [2.75, 3.05) is 13.7 Å².